The Morgan fingerprint density at radius 3 is 2.50 bits per heavy atom. The van der Waals surface area contributed by atoms with Gasteiger partial charge in [0.15, 0.2) is 0 Å². The minimum Gasteiger partial charge on any atom is -0.368 e. The van der Waals surface area contributed by atoms with E-state index in [1.165, 1.54) is 0 Å². The molecule has 0 atom stereocenters. The van der Waals surface area contributed by atoms with Crippen LogP contribution in [0, 0.1) is 0 Å². The average Bonchev–Trinajstić information content (AvgIpc) is 3.06. The molecule has 0 radical (unpaired) electrons. The van der Waals surface area contributed by atoms with E-state index in [1.807, 2.05) is 18.2 Å². The van der Waals surface area contributed by atoms with E-state index in [0.717, 1.165) is 11.8 Å². The van der Waals surface area contributed by atoms with Crippen molar-refractivity contribution in [3.63, 3.8) is 0 Å². The first-order valence-corrected chi connectivity index (χ1v) is 8.66. The Kier molecular flexibility index (Phi) is 5.49. The molecule has 0 fully saturated rings. The van der Waals surface area contributed by atoms with Gasteiger partial charge in [0.25, 0.3) is 5.91 Å². The highest BCUT2D eigenvalue weighted by Crippen LogP contribution is 2.19. The maximum Gasteiger partial charge on any atom is 0.257 e. The Balaban J connectivity index is 1.64. The molecule has 0 aliphatic heterocycles. The lowest BCUT2D eigenvalue weighted by molar-refractivity contribution is -0.113. The Labute approximate surface area is 153 Å². The van der Waals surface area contributed by atoms with Crippen LogP contribution in [0.1, 0.15) is 10.4 Å². The molecule has 0 aliphatic carbocycles. The number of benzene rings is 2. The van der Waals surface area contributed by atoms with Gasteiger partial charge in [0.2, 0.25) is 17.0 Å². The highest BCUT2D eigenvalue weighted by atomic mass is 32.2. The zero-order valence-corrected chi connectivity index (χ0v) is 14.4. The van der Waals surface area contributed by atoms with Gasteiger partial charge in [-0.25, -0.2) is 5.10 Å². The summed E-state index contributed by atoms with van der Waals surface area (Å²) in [5.41, 5.74) is 6.92. The van der Waals surface area contributed by atoms with Crippen LogP contribution in [0.3, 0.4) is 0 Å². The molecular formula is C17H16N6O2S. The van der Waals surface area contributed by atoms with Crippen molar-refractivity contribution in [3.05, 3.63) is 60.2 Å². The molecule has 0 spiro atoms. The minimum absolute atomic E-state index is 0.0892. The molecule has 2 amide bonds. The number of carbonyl (C=O) groups is 2. The van der Waals surface area contributed by atoms with Gasteiger partial charge in [0, 0.05) is 5.69 Å². The van der Waals surface area contributed by atoms with Crippen molar-refractivity contribution in [1.29, 1.82) is 0 Å². The van der Waals surface area contributed by atoms with E-state index in [1.54, 1.807) is 36.4 Å². The van der Waals surface area contributed by atoms with Crippen molar-refractivity contribution in [2.75, 3.05) is 22.1 Å². The summed E-state index contributed by atoms with van der Waals surface area (Å²) in [5, 5.41) is 12.3. The van der Waals surface area contributed by atoms with Crippen molar-refractivity contribution in [3.8, 4) is 0 Å². The van der Waals surface area contributed by atoms with E-state index in [9.17, 15) is 9.59 Å². The number of nitrogen functional groups attached to an aromatic ring is 1. The van der Waals surface area contributed by atoms with Gasteiger partial charge in [-0.2, -0.15) is 4.98 Å². The second kappa shape index (κ2) is 8.17. The van der Waals surface area contributed by atoms with Crippen LogP contribution < -0.4 is 16.4 Å². The second-order valence-corrected chi connectivity index (χ2v) is 6.15. The smallest absolute Gasteiger partial charge is 0.257 e. The van der Waals surface area contributed by atoms with E-state index in [2.05, 4.69) is 25.8 Å². The van der Waals surface area contributed by atoms with Crippen molar-refractivity contribution >= 4 is 40.9 Å². The molecule has 0 saturated heterocycles. The van der Waals surface area contributed by atoms with Gasteiger partial charge in [-0.1, -0.05) is 42.1 Å². The molecule has 8 nitrogen and oxygen atoms in total. The van der Waals surface area contributed by atoms with Crippen molar-refractivity contribution in [2.45, 2.75) is 5.16 Å². The normalized spacial score (nSPS) is 10.3. The average molecular weight is 368 g/mol. The number of rotatable bonds is 6. The van der Waals surface area contributed by atoms with Crippen LogP contribution in [0.25, 0.3) is 0 Å². The number of carbonyl (C=O) groups excluding carboxylic acids is 2. The molecule has 3 rings (SSSR count). The highest BCUT2D eigenvalue weighted by molar-refractivity contribution is 7.99. The standard InChI is InChI=1S/C17H16N6O2S/c18-16-21-17(23-22-16)26-10-14(24)20-13-9-5-4-8-12(13)15(25)19-11-6-2-1-3-7-11/h1-9H,10H2,(H,19,25)(H,20,24)(H3,18,21,22,23). The van der Waals surface area contributed by atoms with E-state index in [-0.39, 0.29) is 23.5 Å². The maximum absolute atomic E-state index is 12.5. The number of hydrogen-bond acceptors (Lipinski definition) is 6. The van der Waals surface area contributed by atoms with Gasteiger partial charge in [-0.05, 0) is 24.3 Å². The molecule has 5 N–H and O–H groups in total. The van der Waals surface area contributed by atoms with Crippen LogP contribution >= 0.6 is 11.8 Å². The Morgan fingerprint density at radius 1 is 1.04 bits per heavy atom. The summed E-state index contributed by atoms with van der Waals surface area (Å²) < 4.78 is 0. The molecule has 3 aromatic rings. The van der Waals surface area contributed by atoms with Gasteiger partial charge < -0.3 is 16.4 Å². The number of thioether (sulfide) groups is 1. The quantitative estimate of drug-likeness (QED) is 0.495. The van der Waals surface area contributed by atoms with E-state index in [0.29, 0.717) is 22.1 Å². The first-order chi connectivity index (χ1) is 12.6. The van der Waals surface area contributed by atoms with Gasteiger partial charge in [0.05, 0.1) is 17.0 Å². The topological polar surface area (TPSA) is 126 Å². The number of nitrogens with one attached hydrogen (secondary N) is 3. The van der Waals surface area contributed by atoms with Crippen LogP contribution in [-0.2, 0) is 4.79 Å². The van der Waals surface area contributed by atoms with Crippen LogP contribution in [0.4, 0.5) is 17.3 Å². The van der Waals surface area contributed by atoms with Crippen molar-refractivity contribution in [2.24, 2.45) is 0 Å². The Morgan fingerprint density at radius 2 is 1.77 bits per heavy atom. The van der Waals surface area contributed by atoms with Gasteiger partial charge in [0.1, 0.15) is 0 Å². The SMILES string of the molecule is Nc1nc(SCC(=O)Nc2ccccc2C(=O)Nc2ccccc2)n[nH]1. The predicted octanol–water partition coefficient (Wildman–Crippen LogP) is 2.37. The van der Waals surface area contributed by atoms with Gasteiger partial charge >= 0.3 is 0 Å². The largest absolute Gasteiger partial charge is 0.368 e. The summed E-state index contributed by atoms with van der Waals surface area (Å²) in [6.45, 7) is 0. The first-order valence-electron chi connectivity index (χ1n) is 7.68. The zero-order valence-electron chi connectivity index (χ0n) is 13.6. The lowest BCUT2D eigenvalue weighted by atomic mass is 10.1. The van der Waals surface area contributed by atoms with Crippen LogP contribution in [0.15, 0.2) is 59.8 Å². The van der Waals surface area contributed by atoms with E-state index in [4.69, 9.17) is 5.73 Å². The van der Waals surface area contributed by atoms with Crippen LogP contribution in [-0.4, -0.2) is 32.7 Å². The molecule has 2 aromatic carbocycles. The fourth-order valence-electron chi connectivity index (χ4n) is 2.15. The number of aromatic amines is 1. The summed E-state index contributed by atoms with van der Waals surface area (Å²) in [5.74, 6) is -0.304. The fraction of sp³-hybridized carbons (Fsp3) is 0.0588. The van der Waals surface area contributed by atoms with Crippen molar-refractivity contribution in [1.82, 2.24) is 15.2 Å². The van der Waals surface area contributed by atoms with Gasteiger partial charge in [-0.15, -0.1) is 5.10 Å². The predicted molar refractivity (Wildman–Crippen MR) is 101 cm³/mol. The summed E-state index contributed by atoms with van der Waals surface area (Å²) in [7, 11) is 0. The Bertz CT molecular complexity index is 912. The first kappa shape index (κ1) is 17.5. The lowest BCUT2D eigenvalue weighted by Crippen LogP contribution is -2.19. The molecule has 0 bridgehead atoms. The van der Waals surface area contributed by atoms with E-state index < -0.39 is 0 Å². The third-order valence-electron chi connectivity index (χ3n) is 3.29. The van der Waals surface area contributed by atoms with Crippen molar-refractivity contribution < 1.29 is 9.59 Å². The molecule has 0 aliphatic rings. The number of nitrogens with zero attached hydrogens (tertiary/aromatic N) is 2. The number of H-pyrrole nitrogens is 1. The number of anilines is 3. The highest BCUT2D eigenvalue weighted by Gasteiger charge is 2.14. The third kappa shape index (κ3) is 4.61. The Hall–Kier alpha value is -3.33. The second-order valence-electron chi connectivity index (χ2n) is 5.21. The maximum atomic E-state index is 12.5. The molecule has 0 saturated carbocycles. The summed E-state index contributed by atoms with van der Waals surface area (Å²) in [6.07, 6.45) is 0. The van der Waals surface area contributed by atoms with Crippen LogP contribution in [0.2, 0.25) is 0 Å². The number of hydrogen-bond donors (Lipinski definition) is 4. The monoisotopic (exact) mass is 368 g/mol. The number of aromatic nitrogens is 3. The minimum atomic E-state index is -0.304. The third-order valence-corrected chi connectivity index (χ3v) is 4.14. The molecule has 26 heavy (non-hydrogen) atoms. The molecule has 9 heteroatoms. The van der Waals surface area contributed by atoms with E-state index >= 15 is 0 Å². The lowest BCUT2D eigenvalue weighted by Gasteiger charge is -2.11. The fourth-order valence-corrected chi connectivity index (χ4v) is 2.75. The number of amides is 2. The zero-order chi connectivity index (χ0) is 18.4. The van der Waals surface area contributed by atoms with Crippen LogP contribution in [0.5, 0.6) is 0 Å². The summed E-state index contributed by atoms with van der Waals surface area (Å²) in [4.78, 5) is 28.6. The molecule has 132 valence electrons. The molecule has 1 heterocycles. The molecular weight excluding hydrogens is 352 g/mol. The summed E-state index contributed by atoms with van der Waals surface area (Å²) >= 11 is 1.14. The molecule has 0 unspecified atom stereocenters. The summed E-state index contributed by atoms with van der Waals surface area (Å²) in [6, 6.07) is 15.9. The number of nitrogens with two attached hydrogens (primary N) is 1. The van der Waals surface area contributed by atoms with Gasteiger partial charge in [-0.3, -0.25) is 9.59 Å². The number of para-hydroxylation sites is 2. The molecule has 1 aromatic heterocycles.